The Kier molecular flexibility index (Phi) is 4.36. The van der Waals surface area contributed by atoms with Gasteiger partial charge in [-0.25, -0.2) is 0 Å². The third kappa shape index (κ3) is 2.90. The monoisotopic (exact) mass is 245 g/mol. The molecule has 0 aliphatic rings. The van der Waals surface area contributed by atoms with E-state index in [4.69, 9.17) is 4.74 Å². The Bertz CT molecular complexity index is 476. The molecule has 1 heterocycles. The van der Waals surface area contributed by atoms with E-state index in [0.717, 1.165) is 30.1 Å². The SMILES string of the molecule is CCNCc1cn[nH]c1-c1ccc(OCC)cc1. The number of hydrogen-bond acceptors (Lipinski definition) is 3. The standard InChI is InChI=1S/C14H19N3O/c1-3-15-9-12-10-16-17-14(12)11-5-7-13(8-6-11)18-4-2/h5-8,10,15H,3-4,9H2,1-2H3,(H,16,17). The van der Waals surface area contributed by atoms with E-state index in [-0.39, 0.29) is 0 Å². The number of H-pyrrole nitrogens is 1. The zero-order valence-electron chi connectivity index (χ0n) is 10.9. The minimum Gasteiger partial charge on any atom is -0.494 e. The molecular formula is C14H19N3O. The van der Waals surface area contributed by atoms with Gasteiger partial charge in [0, 0.05) is 17.7 Å². The highest BCUT2D eigenvalue weighted by Crippen LogP contribution is 2.23. The van der Waals surface area contributed by atoms with Crippen LogP contribution in [0.2, 0.25) is 0 Å². The normalized spacial score (nSPS) is 10.6. The van der Waals surface area contributed by atoms with Crippen LogP contribution >= 0.6 is 0 Å². The van der Waals surface area contributed by atoms with Crippen LogP contribution in [0.4, 0.5) is 0 Å². The molecule has 0 saturated heterocycles. The van der Waals surface area contributed by atoms with Crippen molar-refractivity contribution in [2.24, 2.45) is 0 Å². The van der Waals surface area contributed by atoms with Crippen LogP contribution in [0.15, 0.2) is 30.5 Å². The fraction of sp³-hybridized carbons (Fsp3) is 0.357. The summed E-state index contributed by atoms with van der Waals surface area (Å²) < 4.78 is 5.44. The van der Waals surface area contributed by atoms with E-state index >= 15 is 0 Å². The van der Waals surface area contributed by atoms with E-state index in [1.165, 1.54) is 5.56 Å². The van der Waals surface area contributed by atoms with Crippen molar-refractivity contribution in [1.29, 1.82) is 0 Å². The molecule has 4 heteroatoms. The van der Waals surface area contributed by atoms with Gasteiger partial charge in [-0.05, 0) is 37.7 Å². The summed E-state index contributed by atoms with van der Waals surface area (Å²) in [5.41, 5.74) is 3.38. The quantitative estimate of drug-likeness (QED) is 0.822. The van der Waals surface area contributed by atoms with Crippen LogP contribution in [0.5, 0.6) is 5.75 Å². The molecule has 1 aromatic heterocycles. The van der Waals surface area contributed by atoms with Gasteiger partial charge < -0.3 is 10.1 Å². The Hall–Kier alpha value is -1.81. The van der Waals surface area contributed by atoms with Gasteiger partial charge in [0.2, 0.25) is 0 Å². The van der Waals surface area contributed by atoms with Gasteiger partial charge in [0.15, 0.2) is 0 Å². The van der Waals surface area contributed by atoms with E-state index in [1.807, 2.05) is 37.4 Å². The number of rotatable bonds is 6. The Morgan fingerprint density at radius 2 is 2.00 bits per heavy atom. The van der Waals surface area contributed by atoms with Crippen molar-refractivity contribution in [1.82, 2.24) is 15.5 Å². The summed E-state index contributed by atoms with van der Waals surface area (Å²) in [5.74, 6) is 0.897. The molecule has 2 rings (SSSR count). The third-order valence-corrected chi connectivity index (χ3v) is 2.74. The first-order valence-corrected chi connectivity index (χ1v) is 6.31. The van der Waals surface area contributed by atoms with Crippen LogP contribution in [-0.4, -0.2) is 23.3 Å². The van der Waals surface area contributed by atoms with Crippen LogP contribution < -0.4 is 10.1 Å². The number of nitrogens with one attached hydrogen (secondary N) is 2. The third-order valence-electron chi connectivity index (χ3n) is 2.74. The zero-order valence-corrected chi connectivity index (χ0v) is 10.9. The Labute approximate surface area is 107 Å². The van der Waals surface area contributed by atoms with Crippen molar-refractivity contribution in [3.63, 3.8) is 0 Å². The zero-order chi connectivity index (χ0) is 12.8. The lowest BCUT2D eigenvalue weighted by Crippen LogP contribution is -2.11. The number of aromatic amines is 1. The topological polar surface area (TPSA) is 49.9 Å². The fourth-order valence-corrected chi connectivity index (χ4v) is 1.84. The van der Waals surface area contributed by atoms with Gasteiger partial charge in [0.05, 0.1) is 18.5 Å². The molecule has 2 N–H and O–H groups in total. The summed E-state index contributed by atoms with van der Waals surface area (Å²) >= 11 is 0. The number of aromatic nitrogens is 2. The summed E-state index contributed by atoms with van der Waals surface area (Å²) in [4.78, 5) is 0. The molecule has 2 aromatic rings. The molecule has 0 aliphatic carbocycles. The molecule has 0 amide bonds. The van der Waals surface area contributed by atoms with E-state index in [9.17, 15) is 0 Å². The predicted molar refractivity (Wildman–Crippen MR) is 72.6 cm³/mol. The van der Waals surface area contributed by atoms with Crippen LogP contribution in [0, 0.1) is 0 Å². The average Bonchev–Trinajstić information content (AvgIpc) is 2.86. The molecule has 0 radical (unpaired) electrons. The molecule has 1 aromatic carbocycles. The lowest BCUT2D eigenvalue weighted by molar-refractivity contribution is 0.340. The van der Waals surface area contributed by atoms with Gasteiger partial charge in [-0.2, -0.15) is 5.10 Å². The molecule has 4 nitrogen and oxygen atoms in total. The van der Waals surface area contributed by atoms with Crippen molar-refractivity contribution in [2.45, 2.75) is 20.4 Å². The van der Waals surface area contributed by atoms with E-state index in [2.05, 4.69) is 22.4 Å². The summed E-state index contributed by atoms with van der Waals surface area (Å²) in [6.45, 7) is 6.55. The molecule has 0 unspecified atom stereocenters. The van der Waals surface area contributed by atoms with Gasteiger partial charge in [0.25, 0.3) is 0 Å². The highest BCUT2D eigenvalue weighted by molar-refractivity contribution is 5.63. The van der Waals surface area contributed by atoms with Crippen molar-refractivity contribution in [3.05, 3.63) is 36.0 Å². The van der Waals surface area contributed by atoms with E-state index in [0.29, 0.717) is 6.61 Å². The molecule has 0 bridgehead atoms. The fourth-order valence-electron chi connectivity index (χ4n) is 1.84. The van der Waals surface area contributed by atoms with Crippen molar-refractivity contribution >= 4 is 0 Å². The molecule has 0 spiro atoms. The van der Waals surface area contributed by atoms with Crippen molar-refractivity contribution < 1.29 is 4.74 Å². The first kappa shape index (κ1) is 12.6. The van der Waals surface area contributed by atoms with Gasteiger partial charge in [-0.3, -0.25) is 5.10 Å². The maximum atomic E-state index is 5.44. The van der Waals surface area contributed by atoms with Crippen LogP contribution in [-0.2, 0) is 6.54 Å². The largest absolute Gasteiger partial charge is 0.494 e. The molecule has 96 valence electrons. The first-order chi connectivity index (χ1) is 8.85. The highest BCUT2D eigenvalue weighted by Gasteiger charge is 2.07. The molecule has 0 saturated carbocycles. The second kappa shape index (κ2) is 6.21. The predicted octanol–water partition coefficient (Wildman–Crippen LogP) is 2.58. The second-order valence-electron chi connectivity index (χ2n) is 4.01. The summed E-state index contributed by atoms with van der Waals surface area (Å²) in [7, 11) is 0. The lowest BCUT2D eigenvalue weighted by Gasteiger charge is -2.06. The smallest absolute Gasteiger partial charge is 0.119 e. The average molecular weight is 245 g/mol. The molecule has 0 aliphatic heterocycles. The Morgan fingerprint density at radius 3 is 2.67 bits per heavy atom. The number of benzene rings is 1. The Morgan fingerprint density at radius 1 is 1.22 bits per heavy atom. The van der Waals surface area contributed by atoms with Crippen LogP contribution in [0.25, 0.3) is 11.3 Å². The molecular weight excluding hydrogens is 226 g/mol. The molecule has 0 fully saturated rings. The minimum atomic E-state index is 0.690. The molecule has 18 heavy (non-hydrogen) atoms. The van der Waals surface area contributed by atoms with E-state index in [1.54, 1.807) is 0 Å². The lowest BCUT2D eigenvalue weighted by atomic mass is 10.1. The maximum absolute atomic E-state index is 5.44. The minimum absolute atomic E-state index is 0.690. The number of nitrogens with zero attached hydrogens (tertiary/aromatic N) is 1. The summed E-state index contributed by atoms with van der Waals surface area (Å²) in [6, 6.07) is 8.06. The first-order valence-electron chi connectivity index (χ1n) is 6.31. The van der Waals surface area contributed by atoms with Gasteiger partial charge in [-0.15, -0.1) is 0 Å². The summed E-state index contributed by atoms with van der Waals surface area (Å²) in [5, 5.41) is 10.5. The van der Waals surface area contributed by atoms with Gasteiger partial charge in [0.1, 0.15) is 5.75 Å². The van der Waals surface area contributed by atoms with E-state index < -0.39 is 0 Å². The molecule has 0 atom stereocenters. The number of hydrogen-bond donors (Lipinski definition) is 2. The maximum Gasteiger partial charge on any atom is 0.119 e. The van der Waals surface area contributed by atoms with Crippen LogP contribution in [0.3, 0.4) is 0 Å². The summed E-state index contributed by atoms with van der Waals surface area (Å²) in [6.07, 6.45) is 1.87. The van der Waals surface area contributed by atoms with Gasteiger partial charge in [-0.1, -0.05) is 6.92 Å². The van der Waals surface area contributed by atoms with Crippen LogP contribution in [0.1, 0.15) is 19.4 Å². The Balaban J connectivity index is 2.17. The van der Waals surface area contributed by atoms with Crippen molar-refractivity contribution in [2.75, 3.05) is 13.2 Å². The van der Waals surface area contributed by atoms with Gasteiger partial charge >= 0.3 is 0 Å². The second-order valence-corrected chi connectivity index (χ2v) is 4.01. The number of ether oxygens (including phenoxy) is 1. The highest BCUT2D eigenvalue weighted by atomic mass is 16.5. The van der Waals surface area contributed by atoms with Crippen molar-refractivity contribution in [3.8, 4) is 17.0 Å².